The van der Waals surface area contributed by atoms with E-state index in [0.717, 1.165) is 36.8 Å². The molecule has 190 valence electrons. The maximum atomic E-state index is 13.3. The van der Waals surface area contributed by atoms with Crippen molar-refractivity contribution in [3.8, 4) is 0 Å². The average Bonchev–Trinajstić information content (AvgIpc) is 3.33. The van der Waals surface area contributed by atoms with Crippen molar-refractivity contribution in [2.45, 2.75) is 71.0 Å². The quantitative estimate of drug-likeness (QED) is 0.506. The number of para-hydroxylation sites is 1. The monoisotopic (exact) mass is 499 g/mol. The molecule has 1 atom stereocenters. The van der Waals surface area contributed by atoms with Crippen LogP contribution < -0.4 is 9.62 Å². The van der Waals surface area contributed by atoms with Crippen LogP contribution in [0.15, 0.2) is 54.6 Å². The molecule has 3 rings (SSSR count). The van der Waals surface area contributed by atoms with Gasteiger partial charge >= 0.3 is 0 Å². The van der Waals surface area contributed by atoms with Crippen molar-refractivity contribution in [2.24, 2.45) is 0 Å². The van der Waals surface area contributed by atoms with E-state index in [0.29, 0.717) is 18.7 Å². The molecule has 1 fully saturated rings. The van der Waals surface area contributed by atoms with Crippen molar-refractivity contribution in [3.05, 3.63) is 65.7 Å². The summed E-state index contributed by atoms with van der Waals surface area (Å²) in [6.45, 7) is 4.15. The first-order valence-corrected chi connectivity index (χ1v) is 14.2. The van der Waals surface area contributed by atoms with Crippen LogP contribution in [-0.2, 0) is 26.2 Å². The summed E-state index contributed by atoms with van der Waals surface area (Å²) in [4.78, 5) is 27.9. The van der Waals surface area contributed by atoms with E-state index < -0.39 is 16.1 Å². The molecule has 8 heteroatoms. The third-order valence-electron chi connectivity index (χ3n) is 6.60. The molecule has 2 amide bonds. The second-order valence-corrected chi connectivity index (χ2v) is 11.3. The van der Waals surface area contributed by atoms with Crippen LogP contribution in [0.3, 0.4) is 0 Å². The zero-order valence-corrected chi connectivity index (χ0v) is 21.8. The van der Waals surface area contributed by atoms with Gasteiger partial charge in [0.2, 0.25) is 21.8 Å². The molecule has 0 heterocycles. The van der Waals surface area contributed by atoms with Gasteiger partial charge in [0.1, 0.15) is 6.04 Å². The average molecular weight is 500 g/mol. The first kappa shape index (κ1) is 26.7. The molecular weight excluding hydrogens is 462 g/mol. The summed E-state index contributed by atoms with van der Waals surface area (Å²) < 4.78 is 26.3. The Morgan fingerprint density at radius 2 is 1.66 bits per heavy atom. The van der Waals surface area contributed by atoms with Gasteiger partial charge in [-0.25, -0.2) is 8.42 Å². The lowest BCUT2D eigenvalue weighted by Gasteiger charge is -2.30. The zero-order chi connectivity index (χ0) is 25.4. The molecule has 1 unspecified atom stereocenters. The van der Waals surface area contributed by atoms with Gasteiger partial charge < -0.3 is 10.2 Å². The number of hydrogen-bond acceptors (Lipinski definition) is 4. The van der Waals surface area contributed by atoms with Crippen molar-refractivity contribution < 1.29 is 18.0 Å². The van der Waals surface area contributed by atoms with E-state index in [1.54, 1.807) is 24.0 Å². The lowest BCUT2D eigenvalue weighted by Crippen LogP contribution is -2.49. The van der Waals surface area contributed by atoms with E-state index in [1.807, 2.05) is 49.4 Å². The van der Waals surface area contributed by atoms with Crippen LogP contribution in [0.1, 0.15) is 56.6 Å². The predicted octanol–water partition coefficient (Wildman–Crippen LogP) is 4.02. The molecular formula is C27H37N3O4S. The number of nitrogens with zero attached hydrogens (tertiary/aromatic N) is 2. The van der Waals surface area contributed by atoms with Crippen molar-refractivity contribution in [1.82, 2.24) is 10.2 Å². The van der Waals surface area contributed by atoms with Gasteiger partial charge in [0.15, 0.2) is 0 Å². The minimum absolute atomic E-state index is 0.140. The highest BCUT2D eigenvalue weighted by Gasteiger charge is 2.28. The van der Waals surface area contributed by atoms with Crippen LogP contribution in [0.2, 0.25) is 0 Å². The van der Waals surface area contributed by atoms with Crippen molar-refractivity contribution >= 4 is 27.5 Å². The van der Waals surface area contributed by atoms with Gasteiger partial charge in [0.05, 0.1) is 11.9 Å². The van der Waals surface area contributed by atoms with Gasteiger partial charge in [-0.05, 0) is 50.3 Å². The molecule has 2 aromatic carbocycles. The Morgan fingerprint density at radius 3 is 2.29 bits per heavy atom. The van der Waals surface area contributed by atoms with E-state index >= 15 is 0 Å². The van der Waals surface area contributed by atoms with E-state index in [-0.39, 0.29) is 30.8 Å². The van der Waals surface area contributed by atoms with E-state index in [2.05, 4.69) is 5.32 Å². The fraction of sp³-hybridized carbons (Fsp3) is 0.481. The van der Waals surface area contributed by atoms with Gasteiger partial charge in [-0.1, -0.05) is 61.4 Å². The first-order valence-electron chi connectivity index (χ1n) is 12.3. The fourth-order valence-electron chi connectivity index (χ4n) is 4.58. The number of carbonyl (C=O) groups is 2. The topological polar surface area (TPSA) is 86.8 Å². The lowest BCUT2D eigenvalue weighted by molar-refractivity contribution is -0.141. The summed E-state index contributed by atoms with van der Waals surface area (Å²) in [6, 6.07) is 16.5. The smallest absolute Gasteiger partial charge is 0.242 e. The van der Waals surface area contributed by atoms with Crippen LogP contribution >= 0.6 is 0 Å². The second-order valence-electron chi connectivity index (χ2n) is 9.40. The highest BCUT2D eigenvalue weighted by atomic mass is 32.2. The Balaban J connectivity index is 1.70. The maximum absolute atomic E-state index is 13.3. The van der Waals surface area contributed by atoms with Gasteiger partial charge in [-0.15, -0.1) is 0 Å². The number of hydrogen-bond donors (Lipinski definition) is 1. The van der Waals surface area contributed by atoms with Gasteiger partial charge in [0.25, 0.3) is 0 Å². The van der Waals surface area contributed by atoms with Crippen LogP contribution in [0.25, 0.3) is 0 Å². The van der Waals surface area contributed by atoms with Crippen molar-refractivity contribution in [3.63, 3.8) is 0 Å². The number of anilines is 1. The maximum Gasteiger partial charge on any atom is 0.242 e. The minimum atomic E-state index is -3.51. The van der Waals surface area contributed by atoms with Gasteiger partial charge in [-0.2, -0.15) is 0 Å². The molecule has 1 aliphatic rings. The molecule has 0 saturated heterocycles. The number of benzene rings is 2. The van der Waals surface area contributed by atoms with Crippen molar-refractivity contribution in [1.29, 1.82) is 0 Å². The molecule has 0 aliphatic heterocycles. The summed E-state index contributed by atoms with van der Waals surface area (Å²) in [5.41, 5.74) is 2.42. The van der Waals surface area contributed by atoms with Crippen LogP contribution in [0.4, 0.5) is 5.69 Å². The van der Waals surface area contributed by atoms with Crippen LogP contribution in [0.5, 0.6) is 0 Å². The molecule has 0 aromatic heterocycles. The Morgan fingerprint density at radius 1 is 1.03 bits per heavy atom. The third-order valence-corrected chi connectivity index (χ3v) is 7.78. The van der Waals surface area contributed by atoms with Crippen LogP contribution in [-0.4, -0.2) is 50.0 Å². The number of carbonyl (C=O) groups excluding carboxylic acids is 2. The lowest BCUT2D eigenvalue weighted by atomic mass is 10.1. The standard InChI is InChI=1S/C27H37N3O4S/c1-21-12-7-10-17-25(21)30(35(3,33)34)19-11-18-26(31)29(20-23-13-5-4-6-14-23)22(2)27(32)28-24-15-8-9-16-24/h4-7,10,12-14,17,22,24H,8-9,11,15-16,18-20H2,1-3H3,(H,28,32). The first-order chi connectivity index (χ1) is 16.7. The normalized spacial score (nSPS) is 14.9. The highest BCUT2D eigenvalue weighted by molar-refractivity contribution is 7.92. The summed E-state index contributed by atoms with van der Waals surface area (Å²) >= 11 is 0. The number of aryl methyl sites for hydroxylation is 1. The molecule has 1 N–H and O–H groups in total. The number of amides is 2. The summed E-state index contributed by atoms with van der Waals surface area (Å²) in [5.74, 6) is -0.306. The van der Waals surface area contributed by atoms with Gasteiger partial charge in [-0.3, -0.25) is 13.9 Å². The van der Waals surface area contributed by atoms with E-state index in [9.17, 15) is 18.0 Å². The Kier molecular flexibility index (Phi) is 9.32. The molecule has 2 aromatic rings. The summed E-state index contributed by atoms with van der Waals surface area (Å²) in [5, 5.41) is 3.10. The molecule has 0 bridgehead atoms. The zero-order valence-electron chi connectivity index (χ0n) is 20.9. The van der Waals surface area contributed by atoms with E-state index in [1.165, 1.54) is 10.6 Å². The van der Waals surface area contributed by atoms with Crippen LogP contribution in [0, 0.1) is 6.92 Å². The van der Waals surface area contributed by atoms with E-state index in [4.69, 9.17) is 0 Å². The Bertz CT molecular complexity index is 1100. The van der Waals surface area contributed by atoms with Crippen molar-refractivity contribution in [2.75, 3.05) is 17.1 Å². The molecule has 0 spiro atoms. The molecule has 1 saturated carbocycles. The van der Waals surface area contributed by atoms with Gasteiger partial charge in [0, 0.05) is 25.6 Å². The largest absolute Gasteiger partial charge is 0.352 e. The second kappa shape index (κ2) is 12.2. The fourth-order valence-corrected chi connectivity index (χ4v) is 5.60. The molecule has 35 heavy (non-hydrogen) atoms. The highest BCUT2D eigenvalue weighted by Crippen LogP contribution is 2.23. The molecule has 0 radical (unpaired) electrons. The number of rotatable bonds is 11. The Hall–Kier alpha value is -2.87. The summed E-state index contributed by atoms with van der Waals surface area (Å²) in [7, 11) is -3.51. The summed E-state index contributed by atoms with van der Waals surface area (Å²) in [6.07, 6.45) is 5.86. The molecule has 7 nitrogen and oxygen atoms in total. The number of sulfonamides is 1. The third kappa shape index (κ3) is 7.56. The minimum Gasteiger partial charge on any atom is -0.352 e. The Labute approximate surface area is 209 Å². The molecule has 1 aliphatic carbocycles. The SMILES string of the molecule is Cc1ccccc1N(CCCC(=O)N(Cc1ccccc1)C(C)C(=O)NC1CCCC1)S(C)(=O)=O. The number of nitrogens with one attached hydrogen (secondary N) is 1. The predicted molar refractivity (Wildman–Crippen MR) is 139 cm³/mol.